The van der Waals surface area contributed by atoms with Gasteiger partial charge in [0.25, 0.3) is 5.91 Å². The van der Waals surface area contributed by atoms with E-state index in [9.17, 15) is 26.8 Å². The largest absolute Gasteiger partial charge is 0.370 e. The first kappa shape index (κ1) is 29.9. The molecule has 3 amide bonds. The van der Waals surface area contributed by atoms with E-state index in [-0.39, 0.29) is 31.3 Å². The van der Waals surface area contributed by atoms with Crippen molar-refractivity contribution in [2.24, 2.45) is 22.4 Å². The van der Waals surface area contributed by atoms with E-state index in [0.29, 0.717) is 25.9 Å². The first-order valence-corrected chi connectivity index (χ1v) is 13.5. The number of nitrogens with two attached hydrogens (primary N) is 2. The van der Waals surface area contributed by atoms with Crippen LogP contribution in [0.15, 0.2) is 16.6 Å². The third-order valence-electron chi connectivity index (χ3n) is 6.31. The first-order valence-electron chi connectivity index (χ1n) is 12.0. The maximum absolute atomic E-state index is 14.8. The van der Waals surface area contributed by atoms with Gasteiger partial charge in [0.2, 0.25) is 10.0 Å². The number of sulfonamides is 1. The second-order valence-electron chi connectivity index (χ2n) is 9.66. The number of ether oxygens (including phenoxy) is 1. The van der Waals surface area contributed by atoms with Gasteiger partial charge >= 0.3 is 6.03 Å². The monoisotopic (exact) mass is 536 g/mol. The van der Waals surface area contributed by atoms with Gasteiger partial charge in [0.1, 0.15) is 18.4 Å². The Balaban J connectivity index is 1.84. The molecule has 2 atom stereocenters. The lowest BCUT2D eigenvalue weighted by Crippen LogP contribution is -2.47. The molecule has 14 heteroatoms. The van der Waals surface area contributed by atoms with Crippen LogP contribution in [0.25, 0.3) is 0 Å². The van der Waals surface area contributed by atoms with Crippen LogP contribution in [0, 0.1) is 5.92 Å². The molecule has 36 heavy (non-hydrogen) atoms. The van der Waals surface area contributed by atoms with Crippen LogP contribution in [-0.2, 0) is 19.6 Å². The Hall–Kier alpha value is -2.32. The third kappa shape index (κ3) is 9.28. The van der Waals surface area contributed by atoms with Crippen LogP contribution in [0.2, 0.25) is 0 Å². The molecule has 2 unspecified atom stereocenters. The highest BCUT2D eigenvalue weighted by Crippen LogP contribution is 2.35. The van der Waals surface area contributed by atoms with Crippen LogP contribution in [0.4, 0.5) is 13.6 Å². The van der Waals surface area contributed by atoms with Crippen molar-refractivity contribution in [3.63, 3.8) is 0 Å². The van der Waals surface area contributed by atoms with Crippen LogP contribution in [0.3, 0.4) is 0 Å². The van der Waals surface area contributed by atoms with Gasteiger partial charge in [0.05, 0.1) is 11.4 Å². The third-order valence-corrected chi connectivity index (χ3v) is 8.13. The van der Waals surface area contributed by atoms with Gasteiger partial charge in [0, 0.05) is 18.7 Å². The molecule has 6 N–H and O–H groups in total. The van der Waals surface area contributed by atoms with E-state index in [1.54, 1.807) is 0 Å². The van der Waals surface area contributed by atoms with E-state index in [0.717, 1.165) is 0 Å². The van der Waals surface area contributed by atoms with Crippen LogP contribution < -0.4 is 21.5 Å². The molecule has 0 radical (unpaired) electrons. The molecule has 0 aromatic rings. The number of aliphatic imine (C=N–C) groups is 1. The number of rotatable bonds is 9. The zero-order valence-electron chi connectivity index (χ0n) is 21.0. The molecule has 2 aliphatic rings. The van der Waals surface area contributed by atoms with Crippen molar-refractivity contribution in [3.8, 4) is 0 Å². The predicted octanol–water partition coefficient (Wildman–Crippen LogP) is 0.706. The van der Waals surface area contributed by atoms with Crippen molar-refractivity contribution in [2.75, 3.05) is 27.2 Å². The van der Waals surface area contributed by atoms with E-state index in [2.05, 4.69) is 10.3 Å². The fraction of sp³-hybridized carbons (Fsp3) is 0.773. The van der Waals surface area contributed by atoms with Crippen molar-refractivity contribution < 1.29 is 31.5 Å². The van der Waals surface area contributed by atoms with Gasteiger partial charge in [-0.2, -0.15) is 4.99 Å². The van der Waals surface area contributed by atoms with E-state index in [4.69, 9.17) is 16.2 Å². The SMILES string of the molecule is C/C(=C\C1CC(F)C(OC2CCC(S(=O)(=O)NC(=O)NCCN(C)C)CC2)C(F)C1)C(=O)N=C(N)N. The van der Waals surface area contributed by atoms with Crippen molar-refractivity contribution >= 4 is 27.9 Å². The number of allylic oxidation sites excluding steroid dienone is 1. The summed E-state index contributed by atoms with van der Waals surface area (Å²) in [6.07, 6.45) is -2.45. The Morgan fingerprint density at radius 2 is 1.69 bits per heavy atom. The molecule has 2 fully saturated rings. The highest BCUT2D eigenvalue weighted by atomic mass is 32.2. The summed E-state index contributed by atoms with van der Waals surface area (Å²) in [5.74, 6) is -1.56. The molecule has 2 aliphatic carbocycles. The fourth-order valence-electron chi connectivity index (χ4n) is 4.45. The average Bonchev–Trinajstić information content (AvgIpc) is 2.75. The summed E-state index contributed by atoms with van der Waals surface area (Å²) in [4.78, 5) is 29.0. The van der Waals surface area contributed by atoms with Crippen LogP contribution >= 0.6 is 0 Å². The summed E-state index contributed by atoms with van der Waals surface area (Å²) in [7, 11) is -0.224. The number of hydrogen-bond donors (Lipinski definition) is 4. The zero-order valence-corrected chi connectivity index (χ0v) is 21.8. The van der Waals surface area contributed by atoms with Gasteiger partial charge in [-0.05, 0) is 65.5 Å². The molecule has 0 aliphatic heterocycles. The summed E-state index contributed by atoms with van der Waals surface area (Å²) >= 11 is 0. The lowest BCUT2D eigenvalue weighted by atomic mass is 9.83. The van der Waals surface area contributed by atoms with Crippen molar-refractivity contribution in [2.45, 2.75) is 75.2 Å². The highest BCUT2D eigenvalue weighted by molar-refractivity contribution is 7.90. The number of likely N-dealkylation sites (N-methyl/N-ethyl adjacent to an activating group) is 1. The Bertz CT molecular complexity index is 921. The normalized spacial score (nSPS) is 29.4. The summed E-state index contributed by atoms with van der Waals surface area (Å²) in [5.41, 5.74) is 10.6. The molecule has 2 saturated carbocycles. The summed E-state index contributed by atoms with van der Waals surface area (Å²) in [6.45, 7) is 2.34. The highest BCUT2D eigenvalue weighted by Gasteiger charge is 2.41. The van der Waals surface area contributed by atoms with E-state index in [1.807, 2.05) is 23.7 Å². The van der Waals surface area contributed by atoms with Crippen molar-refractivity contribution in [3.05, 3.63) is 11.6 Å². The molecular formula is C22H38F2N6O5S. The first-order chi connectivity index (χ1) is 16.8. The number of carbonyl (C=O) groups excluding carboxylic acids is 2. The number of halogens is 2. The molecule has 11 nitrogen and oxygen atoms in total. The number of carbonyl (C=O) groups is 2. The van der Waals surface area contributed by atoms with Crippen molar-refractivity contribution in [1.82, 2.24) is 14.9 Å². The lowest BCUT2D eigenvalue weighted by Gasteiger charge is -2.37. The van der Waals surface area contributed by atoms with Crippen LogP contribution in [0.5, 0.6) is 0 Å². The lowest BCUT2D eigenvalue weighted by molar-refractivity contribution is -0.118. The minimum Gasteiger partial charge on any atom is -0.370 e. The number of urea groups is 1. The Kier molecular flexibility index (Phi) is 11.0. The number of nitrogens with zero attached hydrogens (tertiary/aromatic N) is 2. The minimum atomic E-state index is -3.88. The van der Waals surface area contributed by atoms with E-state index in [1.165, 1.54) is 13.0 Å². The molecule has 0 spiro atoms. The van der Waals surface area contributed by atoms with E-state index >= 15 is 0 Å². The molecule has 0 heterocycles. The molecule has 2 rings (SSSR count). The van der Waals surface area contributed by atoms with Gasteiger partial charge in [-0.3, -0.25) is 4.79 Å². The fourth-order valence-corrected chi connectivity index (χ4v) is 5.84. The number of guanidine groups is 1. The zero-order chi connectivity index (χ0) is 27.0. The second-order valence-corrected chi connectivity index (χ2v) is 11.6. The number of alkyl halides is 2. The topological polar surface area (TPSA) is 169 Å². The van der Waals surface area contributed by atoms with Gasteiger partial charge in [-0.1, -0.05) is 6.08 Å². The molecule has 0 aromatic carbocycles. The number of amides is 3. The smallest absolute Gasteiger partial charge is 0.328 e. The number of hydrogen-bond acceptors (Lipinski definition) is 6. The summed E-state index contributed by atoms with van der Waals surface area (Å²) in [6, 6.07) is -0.781. The quantitative estimate of drug-likeness (QED) is 0.190. The molecule has 206 valence electrons. The molecular weight excluding hydrogens is 498 g/mol. The van der Waals surface area contributed by atoms with E-state index < -0.39 is 63.6 Å². The predicted molar refractivity (Wildman–Crippen MR) is 132 cm³/mol. The average molecular weight is 537 g/mol. The Morgan fingerprint density at radius 3 is 2.22 bits per heavy atom. The molecule has 0 aromatic heterocycles. The Labute approximate surface area is 211 Å². The second kappa shape index (κ2) is 13.3. The van der Waals surface area contributed by atoms with Gasteiger partial charge in [-0.15, -0.1) is 0 Å². The van der Waals surface area contributed by atoms with Crippen LogP contribution in [-0.4, -0.2) is 88.2 Å². The molecule has 0 bridgehead atoms. The van der Waals surface area contributed by atoms with Gasteiger partial charge in [-0.25, -0.2) is 26.7 Å². The maximum Gasteiger partial charge on any atom is 0.328 e. The standard InChI is InChI=1S/C22H38F2N6O5S/c1-13(20(31)28-21(25)26)10-14-11-17(23)19(18(24)12-14)35-15-4-6-16(7-5-15)36(33,34)29-22(32)27-8-9-30(2)3/h10,14-19H,4-9,11-12H2,1-3H3,(H2,27,29,32)(H4,25,26,28,31)/b13-10+. The van der Waals surface area contributed by atoms with Crippen molar-refractivity contribution in [1.29, 1.82) is 0 Å². The number of nitrogens with one attached hydrogen (secondary N) is 2. The summed E-state index contributed by atoms with van der Waals surface area (Å²) < 4.78 is 62.5. The van der Waals surface area contributed by atoms with Gasteiger partial charge in [0.15, 0.2) is 5.96 Å². The minimum absolute atomic E-state index is 0.0197. The summed E-state index contributed by atoms with van der Waals surface area (Å²) in [5, 5.41) is 1.71. The Morgan fingerprint density at radius 1 is 1.11 bits per heavy atom. The van der Waals surface area contributed by atoms with Crippen LogP contribution in [0.1, 0.15) is 45.4 Å². The molecule has 0 saturated heterocycles. The van der Waals surface area contributed by atoms with Gasteiger partial charge < -0.3 is 26.4 Å². The maximum atomic E-state index is 14.8.